The molecule has 154 valence electrons. The van der Waals surface area contributed by atoms with Crippen molar-refractivity contribution in [1.82, 2.24) is 10.6 Å². The number of benzene rings is 2. The Balaban J connectivity index is 1.56. The topological polar surface area (TPSA) is 73.5 Å². The number of amides is 3. The minimum Gasteiger partial charge on any atom is -0.371 e. The van der Waals surface area contributed by atoms with Crippen LogP contribution in [-0.4, -0.2) is 37.1 Å². The molecule has 1 aliphatic rings. The van der Waals surface area contributed by atoms with Gasteiger partial charge in [-0.2, -0.15) is 0 Å². The van der Waals surface area contributed by atoms with Gasteiger partial charge in [-0.3, -0.25) is 4.79 Å². The zero-order valence-corrected chi connectivity index (χ0v) is 17.5. The molecule has 0 atom stereocenters. The van der Waals surface area contributed by atoms with Crippen molar-refractivity contribution < 1.29 is 9.59 Å². The number of nitrogens with zero attached hydrogens (tertiary/aromatic N) is 1. The Kier molecular flexibility index (Phi) is 6.99. The highest BCUT2D eigenvalue weighted by molar-refractivity contribution is 6.30. The first-order valence-corrected chi connectivity index (χ1v) is 10.3. The smallest absolute Gasteiger partial charge is 0.319 e. The van der Waals surface area contributed by atoms with Gasteiger partial charge in [0.25, 0.3) is 5.91 Å². The third-order valence-corrected chi connectivity index (χ3v) is 5.06. The van der Waals surface area contributed by atoms with E-state index in [1.807, 2.05) is 38.1 Å². The summed E-state index contributed by atoms with van der Waals surface area (Å²) >= 11 is 5.95. The molecule has 0 radical (unpaired) electrons. The van der Waals surface area contributed by atoms with Gasteiger partial charge in [-0.05, 0) is 57.0 Å². The van der Waals surface area contributed by atoms with Gasteiger partial charge in [-0.1, -0.05) is 29.8 Å². The number of nitrogens with one attached hydrogen (secondary N) is 3. The summed E-state index contributed by atoms with van der Waals surface area (Å²) in [5.41, 5.74) is 2.29. The predicted octanol–water partition coefficient (Wildman–Crippen LogP) is 4.27. The Labute approximate surface area is 176 Å². The number of piperidine rings is 1. The van der Waals surface area contributed by atoms with Gasteiger partial charge in [0.05, 0.1) is 5.56 Å². The zero-order chi connectivity index (χ0) is 20.8. The van der Waals surface area contributed by atoms with Gasteiger partial charge in [-0.25, -0.2) is 4.79 Å². The number of carbonyl (C=O) groups is 2. The van der Waals surface area contributed by atoms with Crippen LogP contribution in [0.15, 0.2) is 48.5 Å². The quantitative estimate of drug-likeness (QED) is 0.684. The molecule has 2 aromatic carbocycles. The number of hydrogen-bond donors (Lipinski definition) is 3. The summed E-state index contributed by atoms with van der Waals surface area (Å²) in [4.78, 5) is 27.0. The van der Waals surface area contributed by atoms with Gasteiger partial charge in [0.1, 0.15) is 0 Å². The highest BCUT2D eigenvalue weighted by Crippen LogP contribution is 2.24. The third kappa shape index (κ3) is 5.87. The van der Waals surface area contributed by atoms with E-state index in [0.29, 0.717) is 16.3 Å². The van der Waals surface area contributed by atoms with Crippen molar-refractivity contribution in [2.24, 2.45) is 0 Å². The lowest BCUT2D eigenvalue weighted by Crippen LogP contribution is -2.46. The fourth-order valence-corrected chi connectivity index (χ4v) is 3.66. The van der Waals surface area contributed by atoms with Gasteiger partial charge in [0.15, 0.2) is 0 Å². The maximum Gasteiger partial charge on any atom is 0.319 e. The van der Waals surface area contributed by atoms with Crippen molar-refractivity contribution >= 4 is 34.9 Å². The van der Waals surface area contributed by atoms with E-state index in [0.717, 1.165) is 31.6 Å². The van der Waals surface area contributed by atoms with Crippen LogP contribution in [0.2, 0.25) is 5.02 Å². The number of carbonyl (C=O) groups excluding carboxylic acids is 2. The second-order valence-corrected chi connectivity index (χ2v) is 7.95. The molecular weight excluding hydrogens is 388 g/mol. The monoisotopic (exact) mass is 414 g/mol. The van der Waals surface area contributed by atoms with Gasteiger partial charge < -0.3 is 20.9 Å². The van der Waals surface area contributed by atoms with Crippen molar-refractivity contribution in [2.75, 3.05) is 23.3 Å². The number of hydrogen-bond acceptors (Lipinski definition) is 3. The summed E-state index contributed by atoms with van der Waals surface area (Å²) in [6, 6.07) is 14.7. The van der Waals surface area contributed by atoms with Crippen LogP contribution >= 0.6 is 11.6 Å². The van der Waals surface area contributed by atoms with Crippen LogP contribution in [0.5, 0.6) is 0 Å². The molecule has 6 nitrogen and oxygen atoms in total. The molecule has 1 fully saturated rings. The van der Waals surface area contributed by atoms with E-state index in [9.17, 15) is 9.59 Å². The maximum atomic E-state index is 12.5. The Morgan fingerprint density at radius 3 is 2.48 bits per heavy atom. The average Bonchev–Trinajstić information content (AvgIpc) is 2.68. The van der Waals surface area contributed by atoms with E-state index in [-0.39, 0.29) is 24.0 Å². The van der Waals surface area contributed by atoms with Crippen LogP contribution in [0.3, 0.4) is 0 Å². The fraction of sp³-hybridized carbons (Fsp3) is 0.364. The zero-order valence-electron chi connectivity index (χ0n) is 16.7. The lowest BCUT2D eigenvalue weighted by atomic mass is 10.0. The molecule has 1 heterocycles. The lowest BCUT2D eigenvalue weighted by Gasteiger charge is -2.35. The van der Waals surface area contributed by atoms with E-state index >= 15 is 0 Å². The highest BCUT2D eigenvalue weighted by atomic mass is 35.5. The van der Waals surface area contributed by atoms with Crippen LogP contribution in [0, 0.1) is 0 Å². The van der Waals surface area contributed by atoms with E-state index < -0.39 is 0 Å². The largest absolute Gasteiger partial charge is 0.371 e. The molecule has 0 saturated carbocycles. The standard InChI is InChI=1S/C22H27ClN4O2/c1-15(2)24-21(28)19-8-3-4-9-20(19)27-12-10-17(11-13-27)25-22(29)26-18-7-5-6-16(23)14-18/h3-9,14-15,17H,10-13H2,1-2H3,(H,24,28)(H2,25,26,29). The minimum atomic E-state index is -0.234. The summed E-state index contributed by atoms with van der Waals surface area (Å²) in [5.74, 6) is -0.0586. The summed E-state index contributed by atoms with van der Waals surface area (Å²) in [6.45, 7) is 5.44. The normalized spacial score (nSPS) is 14.6. The Hall–Kier alpha value is -2.73. The number of rotatable bonds is 5. The van der Waals surface area contributed by atoms with Crippen LogP contribution in [-0.2, 0) is 0 Å². The van der Waals surface area contributed by atoms with Gasteiger partial charge >= 0.3 is 6.03 Å². The van der Waals surface area contributed by atoms with Crippen molar-refractivity contribution in [3.05, 3.63) is 59.1 Å². The Morgan fingerprint density at radius 2 is 1.79 bits per heavy atom. The fourth-order valence-electron chi connectivity index (χ4n) is 3.46. The molecule has 0 aromatic heterocycles. The molecule has 7 heteroatoms. The first kappa shape index (κ1) is 21.0. The van der Waals surface area contributed by atoms with Crippen LogP contribution in [0.4, 0.5) is 16.2 Å². The predicted molar refractivity (Wildman–Crippen MR) is 118 cm³/mol. The van der Waals surface area contributed by atoms with E-state index in [1.165, 1.54) is 0 Å². The van der Waals surface area contributed by atoms with Crippen LogP contribution < -0.4 is 20.9 Å². The van der Waals surface area contributed by atoms with E-state index in [1.54, 1.807) is 24.3 Å². The second-order valence-electron chi connectivity index (χ2n) is 7.52. The average molecular weight is 415 g/mol. The summed E-state index contributed by atoms with van der Waals surface area (Å²) in [7, 11) is 0. The first-order valence-electron chi connectivity index (χ1n) is 9.90. The van der Waals surface area contributed by atoms with Gasteiger partial charge in [-0.15, -0.1) is 0 Å². The minimum absolute atomic E-state index is 0.0586. The number of halogens is 1. The maximum absolute atomic E-state index is 12.5. The molecule has 3 N–H and O–H groups in total. The molecule has 0 unspecified atom stereocenters. The highest BCUT2D eigenvalue weighted by Gasteiger charge is 2.24. The lowest BCUT2D eigenvalue weighted by molar-refractivity contribution is 0.0943. The first-order chi connectivity index (χ1) is 13.9. The number of urea groups is 1. The summed E-state index contributed by atoms with van der Waals surface area (Å²) in [6.07, 6.45) is 1.62. The van der Waals surface area contributed by atoms with Crippen molar-refractivity contribution in [1.29, 1.82) is 0 Å². The SMILES string of the molecule is CC(C)NC(=O)c1ccccc1N1CCC(NC(=O)Nc2cccc(Cl)c2)CC1. The van der Waals surface area contributed by atoms with E-state index in [2.05, 4.69) is 20.9 Å². The number of para-hydroxylation sites is 1. The third-order valence-electron chi connectivity index (χ3n) is 4.82. The molecule has 3 rings (SSSR count). The molecule has 0 spiro atoms. The number of anilines is 2. The molecule has 1 saturated heterocycles. The van der Waals surface area contributed by atoms with Gasteiger partial charge in [0, 0.05) is 41.6 Å². The van der Waals surface area contributed by atoms with Crippen molar-refractivity contribution in [3.8, 4) is 0 Å². The molecule has 3 amide bonds. The summed E-state index contributed by atoms with van der Waals surface area (Å²) < 4.78 is 0. The van der Waals surface area contributed by atoms with Crippen molar-refractivity contribution in [3.63, 3.8) is 0 Å². The second kappa shape index (κ2) is 9.65. The van der Waals surface area contributed by atoms with Crippen LogP contribution in [0.1, 0.15) is 37.0 Å². The molecule has 0 bridgehead atoms. The Bertz CT molecular complexity index is 863. The molecule has 29 heavy (non-hydrogen) atoms. The molecular formula is C22H27ClN4O2. The van der Waals surface area contributed by atoms with Crippen LogP contribution in [0.25, 0.3) is 0 Å². The van der Waals surface area contributed by atoms with Gasteiger partial charge in [0.2, 0.25) is 0 Å². The Morgan fingerprint density at radius 1 is 1.07 bits per heavy atom. The molecule has 0 aliphatic carbocycles. The molecule has 2 aromatic rings. The van der Waals surface area contributed by atoms with Crippen molar-refractivity contribution in [2.45, 2.75) is 38.8 Å². The summed E-state index contributed by atoms with van der Waals surface area (Å²) in [5, 5.41) is 9.38. The van der Waals surface area contributed by atoms with E-state index in [4.69, 9.17) is 11.6 Å². The molecule has 1 aliphatic heterocycles.